The zero-order valence-electron chi connectivity index (χ0n) is 8.62. The molecule has 1 aromatic rings. The zero-order chi connectivity index (χ0) is 13.0. The predicted molar refractivity (Wildman–Crippen MR) is 55.7 cm³/mol. The lowest BCUT2D eigenvalue weighted by molar-refractivity contribution is -0.146. The van der Waals surface area contributed by atoms with Crippen LogP contribution in [0.4, 0.5) is 0 Å². The van der Waals surface area contributed by atoms with E-state index in [2.05, 4.69) is 5.32 Å². The van der Waals surface area contributed by atoms with Gasteiger partial charge < -0.3 is 25.7 Å². The van der Waals surface area contributed by atoms with Crippen LogP contribution in [0.2, 0.25) is 0 Å². The highest BCUT2D eigenvalue weighted by Gasteiger charge is 2.15. The number of hydrogen-bond donors (Lipinski definition) is 5. The number of aliphatic hydroxyl groups excluding tert-OH is 1. The summed E-state index contributed by atoms with van der Waals surface area (Å²) in [6.45, 7) is -0.468. The molecule has 1 aromatic carbocycles. The van der Waals surface area contributed by atoms with Gasteiger partial charge in [-0.05, 0) is 12.1 Å². The van der Waals surface area contributed by atoms with Crippen LogP contribution in [0.3, 0.4) is 0 Å². The molecule has 7 nitrogen and oxygen atoms in total. The number of phenols is 2. The van der Waals surface area contributed by atoms with Gasteiger partial charge in [0.05, 0.1) is 6.54 Å². The Morgan fingerprint density at radius 1 is 1.18 bits per heavy atom. The van der Waals surface area contributed by atoms with Gasteiger partial charge in [0, 0.05) is 11.6 Å². The Labute approximate surface area is 95.9 Å². The van der Waals surface area contributed by atoms with Crippen LogP contribution in [0, 0.1) is 0 Å². The topological polar surface area (TPSA) is 127 Å². The number of carboxylic acid groups (broad SMARTS) is 1. The van der Waals surface area contributed by atoms with Gasteiger partial charge in [0.15, 0.2) is 6.10 Å². The highest BCUT2D eigenvalue weighted by Crippen LogP contribution is 2.20. The number of carboxylic acids is 1. The Morgan fingerprint density at radius 3 is 2.18 bits per heavy atom. The van der Waals surface area contributed by atoms with Gasteiger partial charge in [-0.2, -0.15) is 0 Å². The lowest BCUT2D eigenvalue weighted by Crippen LogP contribution is -2.36. The number of rotatable bonds is 4. The van der Waals surface area contributed by atoms with Crippen LogP contribution < -0.4 is 5.32 Å². The highest BCUT2D eigenvalue weighted by atomic mass is 16.4. The van der Waals surface area contributed by atoms with Crippen molar-refractivity contribution in [1.82, 2.24) is 5.32 Å². The molecule has 1 rings (SSSR count). The average Bonchev–Trinajstić information content (AvgIpc) is 2.23. The fourth-order valence-corrected chi connectivity index (χ4v) is 1.10. The highest BCUT2D eigenvalue weighted by molar-refractivity contribution is 5.95. The standard InChI is InChI=1S/C10H11NO6/c12-6-1-5(2-7(13)3-6)9(15)11-4-8(14)10(16)17/h1-3,8,12-14H,4H2,(H,11,15)(H,16,17). The number of carbonyl (C=O) groups excluding carboxylic acids is 1. The molecule has 5 N–H and O–H groups in total. The van der Waals surface area contributed by atoms with Gasteiger partial charge in [0.25, 0.3) is 5.91 Å². The van der Waals surface area contributed by atoms with Gasteiger partial charge in [0.1, 0.15) is 11.5 Å². The van der Waals surface area contributed by atoms with Crippen molar-refractivity contribution in [3.63, 3.8) is 0 Å². The lowest BCUT2D eigenvalue weighted by Gasteiger charge is -2.08. The van der Waals surface area contributed by atoms with Crippen molar-refractivity contribution in [3.05, 3.63) is 23.8 Å². The third-order valence-corrected chi connectivity index (χ3v) is 1.91. The van der Waals surface area contributed by atoms with E-state index in [0.29, 0.717) is 0 Å². The molecule has 17 heavy (non-hydrogen) atoms. The van der Waals surface area contributed by atoms with Gasteiger partial charge >= 0.3 is 5.97 Å². The first-order chi connectivity index (χ1) is 7.90. The fourth-order valence-electron chi connectivity index (χ4n) is 1.10. The summed E-state index contributed by atoms with van der Waals surface area (Å²) in [5.74, 6) is -2.76. The molecule has 0 aromatic heterocycles. The predicted octanol–water partition coefficient (Wildman–Crippen LogP) is -0.727. The molecule has 0 bridgehead atoms. The number of aliphatic hydroxyl groups is 1. The fraction of sp³-hybridized carbons (Fsp3) is 0.200. The van der Waals surface area contributed by atoms with Crippen molar-refractivity contribution in [1.29, 1.82) is 0 Å². The van der Waals surface area contributed by atoms with Crippen LogP contribution in [0.1, 0.15) is 10.4 Å². The average molecular weight is 241 g/mol. The maximum absolute atomic E-state index is 11.4. The Balaban J connectivity index is 2.67. The number of hydrogen-bond acceptors (Lipinski definition) is 5. The van der Waals surface area contributed by atoms with Crippen LogP contribution >= 0.6 is 0 Å². The molecule has 0 aliphatic heterocycles. The normalized spacial score (nSPS) is 11.8. The lowest BCUT2D eigenvalue weighted by atomic mass is 10.2. The second-order valence-electron chi connectivity index (χ2n) is 3.30. The minimum atomic E-state index is -1.70. The van der Waals surface area contributed by atoms with E-state index in [1.807, 2.05) is 0 Å². The molecule has 0 spiro atoms. The smallest absolute Gasteiger partial charge is 0.334 e. The molecular formula is C10H11NO6. The molecule has 0 saturated carbocycles. The molecular weight excluding hydrogens is 230 g/mol. The Kier molecular flexibility index (Phi) is 3.89. The van der Waals surface area contributed by atoms with Crippen molar-refractivity contribution < 1.29 is 30.0 Å². The minimum Gasteiger partial charge on any atom is -0.508 e. The van der Waals surface area contributed by atoms with E-state index in [9.17, 15) is 9.59 Å². The van der Waals surface area contributed by atoms with E-state index in [4.69, 9.17) is 20.4 Å². The summed E-state index contributed by atoms with van der Waals surface area (Å²) in [6, 6.07) is 3.24. The maximum atomic E-state index is 11.4. The molecule has 1 atom stereocenters. The Morgan fingerprint density at radius 2 is 1.71 bits per heavy atom. The molecule has 1 amide bonds. The van der Waals surface area contributed by atoms with Crippen LogP contribution in [0.25, 0.3) is 0 Å². The summed E-state index contributed by atoms with van der Waals surface area (Å²) in [5, 5.41) is 37.7. The molecule has 0 aliphatic carbocycles. The number of phenolic OH excluding ortho intramolecular Hbond substituents is 2. The van der Waals surface area contributed by atoms with E-state index in [1.165, 1.54) is 0 Å². The van der Waals surface area contributed by atoms with Crippen LogP contribution in [0.5, 0.6) is 11.5 Å². The van der Waals surface area contributed by atoms with Crippen LogP contribution in [-0.2, 0) is 4.79 Å². The third kappa shape index (κ3) is 3.65. The van der Waals surface area contributed by atoms with E-state index in [-0.39, 0.29) is 17.1 Å². The number of amides is 1. The summed E-state index contributed by atoms with van der Waals surface area (Å²) in [7, 11) is 0. The molecule has 1 unspecified atom stereocenters. The first-order valence-corrected chi connectivity index (χ1v) is 4.62. The largest absolute Gasteiger partial charge is 0.508 e. The van der Waals surface area contributed by atoms with Gasteiger partial charge in [-0.1, -0.05) is 0 Å². The Bertz CT molecular complexity index is 424. The number of aliphatic carboxylic acids is 1. The maximum Gasteiger partial charge on any atom is 0.334 e. The molecule has 0 heterocycles. The first-order valence-electron chi connectivity index (χ1n) is 4.62. The molecule has 0 fully saturated rings. The van der Waals surface area contributed by atoms with E-state index < -0.39 is 24.5 Å². The molecule has 92 valence electrons. The molecule has 0 radical (unpaired) electrons. The molecule has 0 saturated heterocycles. The Hall–Kier alpha value is -2.28. The van der Waals surface area contributed by atoms with E-state index in [1.54, 1.807) is 0 Å². The van der Waals surface area contributed by atoms with Crippen molar-refractivity contribution in [2.24, 2.45) is 0 Å². The van der Waals surface area contributed by atoms with E-state index >= 15 is 0 Å². The van der Waals surface area contributed by atoms with Gasteiger partial charge in [-0.3, -0.25) is 4.79 Å². The zero-order valence-corrected chi connectivity index (χ0v) is 8.62. The summed E-state index contributed by atoms with van der Waals surface area (Å²) < 4.78 is 0. The molecule has 0 aliphatic rings. The SMILES string of the molecule is O=C(NCC(O)C(=O)O)c1cc(O)cc(O)c1. The summed E-state index contributed by atoms with van der Waals surface area (Å²) in [5.41, 5.74) is -0.0416. The second kappa shape index (κ2) is 5.17. The van der Waals surface area contributed by atoms with Crippen LogP contribution in [-0.4, -0.2) is 45.0 Å². The summed E-state index contributed by atoms with van der Waals surface area (Å²) in [6.07, 6.45) is -1.70. The minimum absolute atomic E-state index is 0.0416. The van der Waals surface area contributed by atoms with Crippen molar-refractivity contribution in [2.75, 3.05) is 6.54 Å². The summed E-state index contributed by atoms with van der Waals surface area (Å²) >= 11 is 0. The number of nitrogens with one attached hydrogen (secondary N) is 1. The first kappa shape index (κ1) is 12.8. The van der Waals surface area contributed by atoms with Crippen molar-refractivity contribution >= 4 is 11.9 Å². The third-order valence-electron chi connectivity index (χ3n) is 1.91. The van der Waals surface area contributed by atoms with Gasteiger partial charge in [-0.15, -0.1) is 0 Å². The van der Waals surface area contributed by atoms with Gasteiger partial charge in [-0.25, -0.2) is 4.79 Å². The van der Waals surface area contributed by atoms with Crippen molar-refractivity contribution in [2.45, 2.75) is 6.10 Å². The number of carbonyl (C=O) groups is 2. The summed E-state index contributed by atoms with van der Waals surface area (Å²) in [4.78, 5) is 21.7. The van der Waals surface area contributed by atoms with Crippen LogP contribution in [0.15, 0.2) is 18.2 Å². The number of benzene rings is 1. The second-order valence-corrected chi connectivity index (χ2v) is 3.30. The van der Waals surface area contributed by atoms with E-state index in [0.717, 1.165) is 18.2 Å². The monoisotopic (exact) mass is 241 g/mol. The van der Waals surface area contributed by atoms with Crippen molar-refractivity contribution in [3.8, 4) is 11.5 Å². The molecule has 7 heteroatoms. The van der Waals surface area contributed by atoms with Gasteiger partial charge in [0.2, 0.25) is 0 Å². The quantitative estimate of drug-likeness (QED) is 0.473. The number of aromatic hydroxyl groups is 2.